The van der Waals surface area contributed by atoms with E-state index in [1.807, 2.05) is 34.6 Å². The summed E-state index contributed by atoms with van der Waals surface area (Å²) in [4.78, 5) is 22.7. The fourth-order valence-electron chi connectivity index (χ4n) is 2.60. The summed E-state index contributed by atoms with van der Waals surface area (Å²) in [6.07, 6.45) is 2.15. The molecule has 0 aliphatic rings. The highest BCUT2D eigenvalue weighted by molar-refractivity contribution is 5.69. The van der Waals surface area contributed by atoms with Gasteiger partial charge in [-0.1, -0.05) is 33.1 Å². The van der Waals surface area contributed by atoms with E-state index in [1.54, 1.807) is 0 Å². The molecule has 0 saturated carbocycles. The lowest BCUT2D eigenvalue weighted by Crippen LogP contribution is -2.31. The standard InChI is InChI=1S/C23H44O10.C2H6/c1-23(2,3)33-17-20(26)15-31-13-18(24)12-30-14-19(25)16-32-22(28)11-9-7-5-6-8-10-21(27)29-4;1-2/h18-20,24-26H,5-17H2,1-4H3;1-2H3. The molecule has 0 aliphatic heterocycles. The molecule has 210 valence electrons. The summed E-state index contributed by atoms with van der Waals surface area (Å²) in [5, 5.41) is 29.4. The number of hydrogen-bond donors (Lipinski definition) is 3. The molecule has 0 aliphatic carbocycles. The highest BCUT2D eigenvalue weighted by Crippen LogP contribution is 2.09. The van der Waals surface area contributed by atoms with Crippen molar-refractivity contribution in [2.75, 3.05) is 46.8 Å². The number of esters is 2. The van der Waals surface area contributed by atoms with Gasteiger partial charge in [0, 0.05) is 12.8 Å². The lowest BCUT2D eigenvalue weighted by molar-refractivity contribution is -0.148. The summed E-state index contributed by atoms with van der Waals surface area (Å²) < 4.78 is 25.5. The Morgan fingerprint density at radius 3 is 1.51 bits per heavy atom. The average molecular weight is 511 g/mol. The number of aliphatic hydroxyl groups excluding tert-OH is 3. The third-order valence-corrected chi connectivity index (χ3v) is 4.38. The Hall–Kier alpha value is -1.30. The van der Waals surface area contributed by atoms with Crippen molar-refractivity contribution in [1.29, 1.82) is 0 Å². The van der Waals surface area contributed by atoms with Crippen LogP contribution in [0.5, 0.6) is 0 Å². The molecule has 3 atom stereocenters. The number of aliphatic hydroxyl groups is 3. The summed E-state index contributed by atoms with van der Waals surface area (Å²) in [5.74, 6) is -0.590. The Bertz CT molecular complexity index is 507. The largest absolute Gasteiger partial charge is 0.469 e. The van der Waals surface area contributed by atoms with Gasteiger partial charge in [-0.25, -0.2) is 0 Å². The molecule has 0 aromatic carbocycles. The van der Waals surface area contributed by atoms with Gasteiger partial charge in [0.1, 0.15) is 24.9 Å². The molecule has 0 amide bonds. The summed E-state index contributed by atoms with van der Waals surface area (Å²) in [6.45, 7) is 9.47. The zero-order valence-corrected chi connectivity index (χ0v) is 22.6. The minimum Gasteiger partial charge on any atom is -0.469 e. The van der Waals surface area contributed by atoms with E-state index in [0.29, 0.717) is 12.8 Å². The molecule has 0 fully saturated rings. The van der Waals surface area contributed by atoms with Crippen LogP contribution in [-0.2, 0) is 33.3 Å². The fourth-order valence-corrected chi connectivity index (χ4v) is 2.60. The van der Waals surface area contributed by atoms with Crippen molar-refractivity contribution >= 4 is 11.9 Å². The maximum absolute atomic E-state index is 11.7. The molecule has 0 heterocycles. The molecule has 0 aromatic rings. The summed E-state index contributed by atoms with van der Waals surface area (Å²) >= 11 is 0. The van der Waals surface area contributed by atoms with Crippen LogP contribution in [0.2, 0.25) is 0 Å². The van der Waals surface area contributed by atoms with Gasteiger partial charge >= 0.3 is 11.9 Å². The molecule has 3 N–H and O–H groups in total. The number of hydrogen-bond acceptors (Lipinski definition) is 10. The van der Waals surface area contributed by atoms with Crippen LogP contribution in [0.4, 0.5) is 0 Å². The van der Waals surface area contributed by atoms with Gasteiger partial charge in [-0.3, -0.25) is 9.59 Å². The van der Waals surface area contributed by atoms with Crippen LogP contribution in [-0.4, -0.2) is 97.9 Å². The number of ether oxygens (including phenoxy) is 5. The number of rotatable bonds is 20. The summed E-state index contributed by atoms with van der Waals surface area (Å²) in [7, 11) is 1.37. The number of methoxy groups -OCH3 is 1. The first kappa shape index (κ1) is 35.9. The Labute approximate surface area is 211 Å². The third kappa shape index (κ3) is 27.1. The molecular weight excluding hydrogens is 460 g/mol. The van der Waals surface area contributed by atoms with Crippen molar-refractivity contribution < 1.29 is 48.6 Å². The lowest BCUT2D eigenvalue weighted by Gasteiger charge is -2.22. The van der Waals surface area contributed by atoms with Crippen molar-refractivity contribution in [2.24, 2.45) is 0 Å². The van der Waals surface area contributed by atoms with Crippen molar-refractivity contribution in [1.82, 2.24) is 0 Å². The second kappa shape index (κ2) is 23.1. The van der Waals surface area contributed by atoms with Crippen LogP contribution in [0.25, 0.3) is 0 Å². The molecule has 0 saturated heterocycles. The Balaban J connectivity index is 0. The Kier molecular flexibility index (Phi) is 23.7. The normalized spacial score (nSPS) is 13.9. The quantitative estimate of drug-likeness (QED) is 0.165. The molecule has 3 unspecified atom stereocenters. The van der Waals surface area contributed by atoms with Gasteiger partial charge in [0.25, 0.3) is 0 Å². The average Bonchev–Trinajstić information content (AvgIpc) is 2.81. The molecular formula is C25H50O10. The SMILES string of the molecule is CC.COC(=O)CCCCCCCC(=O)OCC(O)COCC(O)COCC(O)COC(C)(C)C. The van der Waals surface area contributed by atoms with E-state index in [2.05, 4.69) is 4.74 Å². The third-order valence-electron chi connectivity index (χ3n) is 4.38. The second-order valence-corrected chi connectivity index (χ2v) is 8.99. The van der Waals surface area contributed by atoms with E-state index in [1.165, 1.54) is 7.11 Å². The topological polar surface area (TPSA) is 141 Å². The predicted molar refractivity (Wildman–Crippen MR) is 132 cm³/mol. The summed E-state index contributed by atoms with van der Waals surface area (Å²) in [6, 6.07) is 0. The van der Waals surface area contributed by atoms with Crippen LogP contribution in [0.1, 0.15) is 79.6 Å². The fraction of sp³-hybridized carbons (Fsp3) is 0.920. The van der Waals surface area contributed by atoms with E-state index in [9.17, 15) is 24.9 Å². The van der Waals surface area contributed by atoms with Crippen molar-refractivity contribution in [3.8, 4) is 0 Å². The highest BCUT2D eigenvalue weighted by Gasteiger charge is 2.15. The molecule has 35 heavy (non-hydrogen) atoms. The zero-order valence-electron chi connectivity index (χ0n) is 22.6. The van der Waals surface area contributed by atoms with Gasteiger partial charge in [0.05, 0.1) is 45.7 Å². The van der Waals surface area contributed by atoms with E-state index in [-0.39, 0.29) is 63.6 Å². The first-order chi connectivity index (χ1) is 16.5. The first-order valence-corrected chi connectivity index (χ1v) is 12.6. The van der Waals surface area contributed by atoms with Crippen molar-refractivity contribution in [2.45, 2.75) is 103 Å². The van der Waals surface area contributed by atoms with Gasteiger partial charge in [-0.05, 0) is 33.6 Å². The zero-order chi connectivity index (χ0) is 27.1. The highest BCUT2D eigenvalue weighted by atomic mass is 16.6. The van der Waals surface area contributed by atoms with E-state index < -0.39 is 18.3 Å². The van der Waals surface area contributed by atoms with E-state index in [4.69, 9.17) is 18.9 Å². The predicted octanol–water partition coefficient (Wildman–Crippen LogP) is 2.39. The summed E-state index contributed by atoms with van der Waals surface area (Å²) in [5.41, 5.74) is -0.350. The van der Waals surface area contributed by atoms with Crippen LogP contribution in [0, 0.1) is 0 Å². The second-order valence-electron chi connectivity index (χ2n) is 8.99. The van der Waals surface area contributed by atoms with Gasteiger partial charge < -0.3 is 39.0 Å². The number of carbonyl (C=O) groups excluding carboxylic acids is 2. The molecule has 10 nitrogen and oxygen atoms in total. The first-order valence-electron chi connectivity index (χ1n) is 12.6. The van der Waals surface area contributed by atoms with Gasteiger partial charge in [0.15, 0.2) is 0 Å². The van der Waals surface area contributed by atoms with Gasteiger partial charge in [-0.2, -0.15) is 0 Å². The minimum absolute atomic E-state index is 0.0270. The van der Waals surface area contributed by atoms with Crippen LogP contribution >= 0.6 is 0 Å². The van der Waals surface area contributed by atoms with Gasteiger partial charge in [0.2, 0.25) is 0 Å². The van der Waals surface area contributed by atoms with Crippen molar-refractivity contribution in [3.05, 3.63) is 0 Å². The monoisotopic (exact) mass is 510 g/mol. The molecule has 0 radical (unpaired) electrons. The molecule has 10 heteroatoms. The molecule has 0 aromatic heterocycles. The lowest BCUT2D eigenvalue weighted by atomic mass is 10.1. The Morgan fingerprint density at radius 2 is 1.06 bits per heavy atom. The maximum atomic E-state index is 11.7. The van der Waals surface area contributed by atoms with Crippen LogP contribution in [0.3, 0.4) is 0 Å². The van der Waals surface area contributed by atoms with Gasteiger partial charge in [-0.15, -0.1) is 0 Å². The maximum Gasteiger partial charge on any atom is 0.305 e. The number of carbonyl (C=O) groups is 2. The molecule has 0 spiro atoms. The van der Waals surface area contributed by atoms with Crippen LogP contribution in [0.15, 0.2) is 0 Å². The Morgan fingerprint density at radius 1 is 0.657 bits per heavy atom. The van der Waals surface area contributed by atoms with Crippen LogP contribution < -0.4 is 0 Å². The van der Waals surface area contributed by atoms with E-state index >= 15 is 0 Å². The van der Waals surface area contributed by atoms with E-state index in [0.717, 1.165) is 25.7 Å². The molecule has 0 bridgehead atoms. The number of unbranched alkanes of at least 4 members (excludes halogenated alkanes) is 4. The minimum atomic E-state index is -0.989. The smallest absolute Gasteiger partial charge is 0.305 e. The van der Waals surface area contributed by atoms with Crippen molar-refractivity contribution in [3.63, 3.8) is 0 Å². The molecule has 0 rings (SSSR count).